The summed E-state index contributed by atoms with van der Waals surface area (Å²) in [4.78, 5) is 18.0. The number of carbonyl (C=O) groups excluding carboxylic acids is 1. The minimum atomic E-state index is -0.129. The fraction of sp³-hybridized carbons (Fsp3) is 0.387. The highest BCUT2D eigenvalue weighted by atomic mass is 16.5. The van der Waals surface area contributed by atoms with Crippen molar-refractivity contribution >= 4 is 11.6 Å². The van der Waals surface area contributed by atoms with Crippen LogP contribution in [0.25, 0.3) is 0 Å². The molecule has 1 saturated heterocycles. The summed E-state index contributed by atoms with van der Waals surface area (Å²) >= 11 is 0. The van der Waals surface area contributed by atoms with Gasteiger partial charge in [-0.2, -0.15) is 0 Å². The number of methoxy groups -OCH3 is 1. The number of hydrogen-bond acceptors (Lipinski definition) is 6. The summed E-state index contributed by atoms with van der Waals surface area (Å²) in [6.07, 6.45) is 0. The molecule has 1 aliphatic heterocycles. The van der Waals surface area contributed by atoms with Crippen LogP contribution >= 0.6 is 0 Å². The smallest absolute Gasteiger partial charge is 0.251 e. The Labute approximate surface area is 226 Å². The summed E-state index contributed by atoms with van der Waals surface area (Å²) in [5.41, 5.74) is 2.67. The zero-order chi connectivity index (χ0) is 27.2. The van der Waals surface area contributed by atoms with E-state index in [1.165, 1.54) is 0 Å². The van der Waals surface area contributed by atoms with E-state index in [0.29, 0.717) is 23.1 Å². The maximum Gasteiger partial charge on any atom is 0.251 e. The van der Waals surface area contributed by atoms with E-state index in [0.717, 1.165) is 43.2 Å². The Hall–Kier alpha value is -3.71. The van der Waals surface area contributed by atoms with Crippen molar-refractivity contribution in [3.63, 3.8) is 0 Å². The molecule has 7 nitrogen and oxygen atoms in total. The number of benzene rings is 3. The lowest BCUT2D eigenvalue weighted by molar-refractivity contribution is 0.0902. The van der Waals surface area contributed by atoms with Gasteiger partial charge in [0.1, 0.15) is 11.5 Å². The number of phenols is 1. The van der Waals surface area contributed by atoms with Crippen LogP contribution in [0.4, 0.5) is 5.69 Å². The second-order valence-corrected chi connectivity index (χ2v) is 10.4. The number of aromatic hydroxyl groups is 1. The normalized spacial score (nSPS) is 16.8. The van der Waals surface area contributed by atoms with Crippen molar-refractivity contribution in [2.45, 2.75) is 39.8 Å². The van der Waals surface area contributed by atoms with Crippen LogP contribution in [0.3, 0.4) is 0 Å². The van der Waals surface area contributed by atoms with Crippen molar-refractivity contribution in [3.05, 3.63) is 77.9 Å². The number of ether oxygens (including phenoxy) is 2. The molecule has 1 aliphatic rings. The van der Waals surface area contributed by atoms with E-state index in [2.05, 4.69) is 35.9 Å². The number of piperazine rings is 1. The van der Waals surface area contributed by atoms with Crippen LogP contribution in [0, 0.1) is 12.8 Å². The van der Waals surface area contributed by atoms with Gasteiger partial charge < -0.3 is 24.8 Å². The lowest BCUT2D eigenvalue weighted by Gasteiger charge is -2.42. The van der Waals surface area contributed by atoms with Crippen molar-refractivity contribution in [2.24, 2.45) is 5.92 Å². The predicted molar refractivity (Wildman–Crippen MR) is 152 cm³/mol. The SMILES string of the molecule is COc1cc(C(=O)N[C@H](CN2CCN(c3cccc(O)c3)[C@@H](C)C2)C(C)C)ccc1Oc1cccc(C)c1. The van der Waals surface area contributed by atoms with Crippen LogP contribution in [0.15, 0.2) is 66.7 Å². The van der Waals surface area contributed by atoms with Crippen molar-refractivity contribution in [3.8, 4) is 23.0 Å². The van der Waals surface area contributed by atoms with Gasteiger partial charge in [-0.15, -0.1) is 0 Å². The number of aryl methyl sites for hydroxylation is 1. The van der Waals surface area contributed by atoms with Gasteiger partial charge in [-0.1, -0.05) is 32.0 Å². The van der Waals surface area contributed by atoms with Gasteiger partial charge in [0.15, 0.2) is 11.5 Å². The van der Waals surface area contributed by atoms with Gasteiger partial charge in [-0.3, -0.25) is 9.69 Å². The Kier molecular flexibility index (Phi) is 8.79. The molecule has 2 N–H and O–H groups in total. The van der Waals surface area contributed by atoms with E-state index in [1.54, 1.807) is 31.4 Å². The van der Waals surface area contributed by atoms with Crippen LogP contribution in [0.1, 0.15) is 36.7 Å². The third-order valence-corrected chi connectivity index (χ3v) is 7.09. The number of carbonyl (C=O) groups is 1. The molecular weight excluding hydrogens is 478 g/mol. The molecule has 1 amide bonds. The standard InChI is InChI=1S/C31H39N3O4/c1-21(2)28(20-33-14-15-34(23(4)19-33)25-9-7-10-26(35)18-25)32-31(36)24-12-13-29(30(17-24)37-5)38-27-11-6-8-22(3)16-27/h6-13,16-18,21,23,28,35H,14-15,19-20H2,1-5H3,(H,32,36)/t23-,28+/m0/s1. The summed E-state index contributed by atoms with van der Waals surface area (Å²) in [5, 5.41) is 13.1. The van der Waals surface area contributed by atoms with Crippen molar-refractivity contribution < 1.29 is 19.4 Å². The molecular formula is C31H39N3O4. The van der Waals surface area contributed by atoms with Gasteiger partial charge in [-0.25, -0.2) is 0 Å². The van der Waals surface area contributed by atoms with E-state index < -0.39 is 0 Å². The largest absolute Gasteiger partial charge is 0.508 e. The number of anilines is 1. The maximum atomic E-state index is 13.3. The molecule has 0 aliphatic carbocycles. The number of nitrogens with one attached hydrogen (secondary N) is 1. The molecule has 38 heavy (non-hydrogen) atoms. The van der Waals surface area contributed by atoms with Crippen molar-refractivity contribution in [2.75, 3.05) is 38.2 Å². The van der Waals surface area contributed by atoms with Gasteiger partial charge in [0.25, 0.3) is 5.91 Å². The molecule has 3 aromatic carbocycles. The molecule has 3 aromatic rings. The minimum absolute atomic E-state index is 0.00349. The second-order valence-electron chi connectivity index (χ2n) is 10.4. The highest BCUT2D eigenvalue weighted by molar-refractivity contribution is 5.95. The van der Waals surface area contributed by atoms with E-state index >= 15 is 0 Å². The highest BCUT2D eigenvalue weighted by Crippen LogP contribution is 2.33. The van der Waals surface area contributed by atoms with Crippen LogP contribution in [-0.4, -0.2) is 61.3 Å². The summed E-state index contributed by atoms with van der Waals surface area (Å²) in [7, 11) is 1.58. The molecule has 0 radical (unpaired) electrons. The molecule has 7 heteroatoms. The molecule has 2 atom stereocenters. The maximum absolute atomic E-state index is 13.3. The first-order valence-electron chi connectivity index (χ1n) is 13.2. The Morgan fingerprint density at radius 2 is 1.84 bits per heavy atom. The monoisotopic (exact) mass is 517 g/mol. The van der Waals surface area contributed by atoms with Gasteiger partial charge in [-0.05, 0) is 67.8 Å². The van der Waals surface area contributed by atoms with E-state index in [-0.39, 0.29) is 23.6 Å². The number of hydrogen-bond donors (Lipinski definition) is 2. The Morgan fingerprint density at radius 1 is 1.05 bits per heavy atom. The summed E-state index contributed by atoms with van der Waals surface area (Å²) in [5.74, 6) is 2.22. The fourth-order valence-electron chi connectivity index (χ4n) is 4.91. The van der Waals surface area contributed by atoms with Crippen LogP contribution in [0.2, 0.25) is 0 Å². The van der Waals surface area contributed by atoms with Gasteiger partial charge in [0.05, 0.1) is 7.11 Å². The molecule has 1 heterocycles. The van der Waals surface area contributed by atoms with Gasteiger partial charge in [0.2, 0.25) is 0 Å². The average molecular weight is 518 g/mol. The van der Waals surface area contributed by atoms with Crippen LogP contribution in [-0.2, 0) is 0 Å². The van der Waals surface area contributed by atoms with Crippen LogP contribution < -0.4 is 19.7 Å². The lowest BCUT2D eigenvalue weighted by atomic mass is 10.0. The zero-order valence-electron chi connectivity index (χ0n) is 23.0. The van der Waals surface area contributed by atoms with E-state index in [9.17, 15) is 9.90 Å². The predicted octanol–water partition coefficient (Wildman–Crippen LogP) is 5.47. The van der Waals surface area contributed by atoms with Gasteiger partial charge in [0, 0.05) is 55.6 Å². The molecule has 0 saturated carbocycles. The zero-order valence-corrected chi connectivity index (χ0v) is 23.0. The van der Waals surface area contributed by atoms with Crippen molar-refractivity contribution in [1.82, 2.24) is 10.2 Å². The first-order valence-corrected chi connectivity index (χ1v) is 13.2. The molecule has 0 bridgehead atoms. The number of phenolic OH excluding ortho intramolecular Hbond substituents is 1. The fourth-order valence-corrected chi connectivity index (χ4v) is 4.91. The Balaban J connectivity index is 1.39. The average Bonchev–Trinajstić information content (AvgIpc) is 2.88. The molecule has 0 spiro atoms. The molecule has 0 unspecified atom stereocenters. The van der Waals surface area contributed by atoms with Crippen LogP contribution in [0.5, 0.6) is 23.0 Å². The van der Waals surface area contributed by atoms with Gasteiger partial charge >= 0.3 is 0 Å². The minimum Gasteiger partial charge on any atom is -0.508 e. The summed E-state index contributed by atoms with van der Waals surface area (Å²) in [6.45, 7) is 11.9. The Bertz CT molecular complexity index is 1250. The number of amides is 1. The second kappa shape index (κ2) is 12.2. The quantitative estimate of drug-likeness (QED) is 0.392. The summed E-state index contributed by atoms with van der Waals surface area (Å²) in [6, 6.07) is 20.8. The Morgan fingerprint density at radius 3 is 2.53 bits per heavy atom. The van der Waals surface area contributed by atoms with E-state index in [4.69, 9.17) is 9.47 Å². The molecule has 4 rings (SSSR count). The molecule has 202 valence electrons. The topological polar surface area (TPSA) is 74.3 Å². The first kappa shape index (κ1) is 27.3. The summed E-state index contributed by atoms with van der Waals surface area (Å²) < 4.78 is 11.6. The number of rotatable bonds is 9. The van der Waals surface area contributed by atoms with E-state index in [1.807, 2.05) is 49.4 Å². The number of nitrogens with zero attached hydrogens (tertiary/aromatic N) is 2. The third kappa shape index (κ3) is 6.78. The molecule has 1 fully saturated rings. The third-order valence-electron chi connectivity index (χ3n) is 7.09. The lowest BCUT2D eigenvalue weighted by Crippen LogP contribution is -2.56. The first-order chi connectivity index (χ1) is 18.2. The molecule has 0 aromatic heterocycles. The van der Waals surface area contributed by atoms with Crippen molar-refractivity contribution in [1.29, 1.82) is 0 Å². The highest BCUT2D eigenvalue weighted by Gasteiger charge is 2.28.